The van der Waals surface area contributed by atoms with E-state index in [9.17, 15) is 4.79 Å². The Morgan fingerprint density at radius 2 is 1.80 bits per heavy atom. The highest BCUT2D eigenvalue weighted by molar-refractivity contribution is 6.11. The normalized spacial score (nSPS) is 14.5. The third-order valence-corrected chi connectivity index (χ3v) is 4.39. The summed E-state index contributed by atoms with van der Waals surface area (Å²) in [7, 11) is 0. The second-order valence-corrected chi connectivity index (χ2v) is 5.95. The number of hydrogen-bond donors (Lipinski definition) is 1. The molecule has 0 bridgehead atoms. The lowest BCUT2D eigenvalue weighted by Gasteiger charge is -2.31. The van der Waals surface area contributed by atoms with Gasteiger partial charge < -0.3 is 15.0 Å². The van der Waals surface area contributed by atoms with E-state index in [1.165, 1.54) is 0 Å². The topological polar surface area (TPSA) is 54.5 Å². The van der Waals surface area contributed by atoms with Gasteiger partial charge in [-0.25, -0.2) is 0 Å². The first kappa shape index (κ1) is 15.6. The molecule has 1 saturated heterocycles. The fraction of sp³-hybridized carbons (Fsp3) is 0.200. The average molecular weight is 333 g/mol. The lowest BCUT2D eigenvalue weighted by atomic mass is 10.1. The van der Waals surface area contributed by atoms with Gasteiger partial charge in [0.05, 0.1) is 24.6 Å². The van der Waals surface area contributed by atoms with Crippen molar-refractivity contribution in [1.82, 2.24) is 4.98 Å². The second kappa shape index (κ2) is 6.91. The lowest BCUT2D eigenvalue weighted by Crippen LogP contribution is -2.36. The largest absolute Gasteiger partial charge is 0.378 e. The minimum Gasteiger partial charge on any atom is -0.378 e. The van der Waals surface area contributed by atoms with Crippen molar-refractivity contribution in [2.45, 2.75) is 0 Å². The summed E-state index contributed by atoms with van der Waals surface area (Å²) < 4.78 is 5.46. The van der Waals surface area contributed by atoms with Crippen molar-refractivity contribution in [1.29, 1.82) is 0 Å². The number of rotatable bonds is 3. The van der Waals surface area contributed by atoms with E-state index in [0.717, 1.165) is 35.2 Å². The molecule has 2 aromatic carbocycles. The van der Waals surface area contributed by atoms with Gasteiger partial charge >= 0.3 is 0 Å². The number of nitrogens with one attached hydrogen (secondary N) is 1. The minimum absolute atomic E-state index is 0.202. The number of pyridine rings is 1. The Bertz CT molecular complexity index is 890. The number of ether oxygens (including phenoxy) is 1. The number of nitrogens with zero attached hydrogens (tertiary/aromatic N) is 2. The van der Waals surface area contributed by atoms with Crippen molar-refractivity contribution >= 4 is 28.1 Å². The molecule has 1 aliphatic rings. The molecule has 4 rings (SSSR count). The molecule has 0 radical (unpaired) electrons. The van der Waals surface area contributed by atoms with E-state index >= 15 is 0 Å². The molecule has 126 valence electrons. The fourth-order valence-corrected chi connectivity index (χ4v) is 3.13. The number of morpholine rings is 1. The predicted molar refractivity (Wildman–Crippen MR) is 99.2 cm³/mol. The van der Waals surface area contributed by atoms with Gasteiger partial charge in [0.2, 0.25) is 0 Å². The predicted octanol–water partition coefficient (Wildman–Crippen LogP) is 3.32. The fourth-order valence-electron chi connectivity index (χ4n) is 3.13. The highest BCUT2D eigenvalue weighted by atomic mass is 16.5. The molecule has 0 aliphatic carbocycles. The second-order valence-electron chi connectivity index (χ2n) is 5.95. The van der Waals surface area contributed by atoms with Crippen LogP contribution in [0.1, 0.15) is 10.5 Å². The lowest BCUT2D eigenvalue weighted by molar-refractivity contribution is 0.102. The molecule has 1 aromatic heterocycles. The molecule has 5 heteroatoms. The summed E-state index contributed by atoms with van der Waals surface area (Å²) in [4.78, 5) is 19.1. The van der Waals surface area contributed by atoms with Gasteiger partial charge in [-0.15, -0.1) is 0 Å². The molecular formula is C20H19N3O2. The number of carbonyl (C=O) groups is 1. The summed E-state index contributed by atoms with van der Waals surface area (Å²) in [6.45, 7) is 3.01. The van der Waals surface area contributed by atoms with Gasteiger partial charge in [0, 0.05) is 24.7 Å². The molecule has 0 spiro atoms. The monoisotopic (exact) mass is 333 g/mol. The van der Waals surface area contributed by atoms with Gasteiger partial charge in [0.1, 0.15) is 5.69 Å². The summed E-state index contributed by atoms with van der Waals surface area (Å²) in [6, 6.07) is 17.6. The SMILES string of the molecule is O=C(Nc1c(N2CCOCC2)ccc2ccccc12)c1ccccn1. The highest BCUT2D eigenvalue weighted by Crippen LogP contribution is 2.34. The van der Waals surface area contributed by atoms with Crippen molar-refractivity contribution < 1.29 is 9.53 Å². The zero-order valence-electron chi connectivity index (χ0n) is 13.8. The maximum absolute atomic E-state index is 12.7. The molecule has 0 saturated carbocycles. The van der Waals surface area contributed by atoms with Crippen molar-refractivity contribution in [3.05, 3.63) is 66.5 Å². The summed E-state index contributed by atoms with van der Waals surface area (Å²) in [5.41, 5.74) is 2.25. The van der Waals surface area contributed by atoms with Gasteiger partial charge in [-0.2, -0.15) is 0 Å². The molecule has 1 amide bonds. The van der Waals surface area contributed by atoms with Gasteiger partial charge in [0.25, 0.3) is 5.91 Å². The Morgan fingerprint density at radius 1 is 1.00 bits per heavy atom. The summed E-state index contributed by atoms with van der Waals surface area (Å²) >= 11 is 0. The van der Waals surface area contributed by atoms with Crippen LogP contribution < -0.4 is 10.2 Å². The van der Waals surface area contributed by atoms with Crippen LogP contribution in [0.3, 0.4) is 0 Å². The Morgan fingerprint density at radius 3 is 2.60 bits per heavy atom. The van der Waals surface area contributed by atoms with Gasteiger partial charge in [0.15, 0.2) is 0 Å². The van der Waals surface area contributed by atoms with E-state index in [-0.39, 0.29) is 5.91 Å². The van der Waals surface area contributed by atoms with Crippen LogP contribution in [0.2, 0.25) is 0 Å². The van der Waals surface area contributed by atoms with Crippen LogP contribution in [0, 0.1) is 0 Å². The van der Waals surface area contributed by atoms with Gasteiger partial charge in [-0.05, 0) is 23.6 Å². The number of fused-ring (bicyclic) bond motifs is 1. The van der Waals surface area contributed by atoms with Crippen LogP contribution in [0.15, 0.2) is 60.8 Å². The van der Waals surface area contributed by atoms with E-state index in [0.29, 0.717) is 18.9 Å². The first-order valence-corrected chi connectivity index (χ1v) is 8.40. The number of anilines is 2. The van der Waals surface area contributed by atoms with E-state index < -0.39 is 0 Å². The van der Waals surface area contributed by atoms with E-state index in [2.05, 4.69) is 33.4 Å². The Kier molecular flexibility index (Phi) is 4.31. The zero-order valence-corrected chi connectivity index (χ0v) is 13.8. The third-order valence-electron chi connectivity index (χ3n) is 4.39. The van der Waals surface area contributed by atoms with Crippen LogP contribution in [0.4, 0.5) is 11.4 Å². The number of benzene rings is 2. The van der Waals surface area contributed by atoms with Crippen LogP contribution in [-0.4, -0.2) is 37.2 Å². The maximum Gasteiger partial charge on any atom is 0.274 e. The highest BCUT2D eigenvalue weighted by Gasteiger charge is 2.19. The van der Waals surface area contributed by atoms with Gasteiger partial charge in [-0.1, -0.05) is 36.4 Å². The maximum atomic E-state index is 12.7. The minimum atomic E-state index is -0.202. The van der Waals surface area contributed by atoms with Crippen LogP contribution in [0.25, 0.3) is 10.8 Å². The molecule has 1 N–H and O–H groups in total. The molecule has 0 atom stereocenters. The summed E-state index contributed by atoms with van der Waals surface area (Å²) in [5.74, 6) is -0.202. The van der Waals surface area contributed by atoms with Crippen molar-refractivity contribution in [3.63, 3.8) is 0 Å². The zero-order chi connectivity index (χ0) is 17.1. The van der Waals surface area contributed by atoms with Crippen LogP contribution >= 0.6 is 0 Å². The Hall–Kier alpha value is -2.92. The van der Waals surface area contributed by atoms with E-state index in [1.807, 2.05) is 24.3 Å². The molecule has 1 fully saturated rings. The molecule has 25 heavy (non-hydrogen) atoms. The molecule has 5 nitrogen and oxygen atoms in total. The van der Waals surface area contributed by atoms with E-state index in [1.54, 1.807) is 18.3 Å². The quantitative estimate of drug-likeness (QED) is 0.799. The first-order chi connectivity index (χ1) is 12.3. The number of hydrogen-bond acceptors (Lipinski definition) is 4. The summed E-state index contributed by atoms with van der Waals surface area (Å²) in [6.07, 6.45) is 1.63. The van der Waals surface area contributed by atoms with Crippen molar-refractivity contribution in [3.8, 4) is 0 Å². The molecule has 2 heterocycles. The molecule has 3 aromatic rings. The molecular weight excluding hydrogens is 314 g/mol. The Labute approximate surface area is 146 Å². The van der Waals surface area contributed by atoms with E-state index in [4.69, 9.17) is 4.74 Å². The van der Waals surface area contributed by atoms with Crippen molar-refractivity contribution in [2.75, 3.05) is 36.5 Å². The third kappa shape index (κ3) is 3.19. The standard InChI is InChI=1S/C20H19N3O2/c24-20(17-7-3-4-10-21-17)22-19-16-6-2-1-5-15(16)8-9-18(19)23-11-13-25-14-12-23/h1-10H,11-14H2,(H,22,24). The van der Waals surface area contributed by atoms with Gasteiger partial charge in [-0.3, -0.25) is 9.78 Å². The number of aromatic nitrogens is 1. The average Bonchev–Trinajstić information content (AvgIpc) is 2.69. The smallest absolute Gasteiger partial charge is 0.274 e. The number of carbonyl (C=O) groups excluding carboxylic acids is 1. The first-order valence-electron chi connectivity index (χ1n) is 8.40. The van der Waals surface area contributed by atoms with Crippen LogP contribution in [-0.2, 0) is 4.74 Å². The summed E-state index contributed by atoms with van der Waals surface area (Å²) in [5, 5.41) is 5.20. The number of amides is 1. The van der Waals surface area contributed by atoms with Crippen LogP contribution in [0.5, 0.6) is 0 Å². The Balaban J connectivity index is 1.77. The molecule has 1 aliphatic heterocycles. The molecule has 0 unspecified atom stereocenters. The van der Waals surface area contributed by atoms with Crippen molar-refractivity contribution in [2.24, 2.45) is 0 Å².